The van der Waals surface area contributed by atoms with Crippen molar-refractivity contribution in [3.63, 3.8) is 0 Å². The molecule has 0 aliphatic rings. The van der Waals surface area contributed by atoms with Gasteiger partial charge in [-0.2, -0.15) is 22.0 Å². The number of hydrogen-bond donors (Lipinski definition) is 0. The van der Waals surface area contributed by atoms with Crippen LogP contribution < -0.4 is 0 Å². The van der Waals surface area contributed by atoms with Gasteiger partial charge in [-0.15, -0.1) is 8.78 Å². The fraction of sp³-hybridized carbons (Fsp3) is 0.200. The van der Waals surface area contributed by atoms with Crippen molar-refractivity contribution in [2.45, 2.75) is 22.2 Å². The molecule has 1 radical (unpaired) electrons. The van der Waals surface area contributed by atoms with E-state index in [0.717, 1.165) is 0 Å². The predicted molar refractivity (Wildman–Crippen MR) is 98.5 cm³/mol. The van der Waals surface area contributed by atoms with Gasteiger partial charge in [-0.1, -0.05) is 29.3 Å². The van der Waals surface area contributed by atoms with Gasteiger partial charge in [0, 0.05) is 31.7 Å². The average Bonchev–Trinajstić information content (AvgIpc) is 2.53. The van der Waals surface area contributed by atoms with Crippen LogP contribution in [0.1, 0.15) is 0 Å². The van der Waals surface area contributed by atoms with E-state index >= 15 is 0 Å². The third-order valence-corrected chi connectivity index (χ3v) is 6.32. The first-order chi connectivity index (χ1) is 12.6. The van der Waals surface area contributed by atoms with Crippen LogP contribution in [0.2, 0.25) is 10.0 Å². The van der Waals surface area contributed by atoms with Gasteiger partial charge in [0.05, 0.1) is 21.8 Å². The van der Waals surface area contributed by atoms with Gasteiger partial charge in [0.25, 0.3) is 0 Å². The number of halogens is 11. The van der Waals surface area contributed by atoms with Gasteiger partial charge in [-0.25, -0.2) is 0 Å². The molecule has 0 fully saturated rings. The van der Waals surface area contributed by atoms with Gasteiger partial charge in [0.1, 0.15) is 0 Å². The molecule has 153 valence electrons. The van der Waals surface area contributed by atoms with Crippen LogP contribution in [-0.2, 0) is 11.2 Å². The third-order valence-electron chi connectivity index (χ3n) is 3.31. The molecule has 0 amide bonds. The highest BCUT2D eigenvalue weighted by Crippen LogP contribution is 2.53. The van der Waals surface area contributed by atoms with Crippen molar-refractivity contribution in [1.82, 2.24) is 0 Å². The number of benzene rings is 2. The van der Waals surface area contributed by atoms with Crippen LogP contribution in [0.5, 0.6) is 0 Å². The molecule has 13 heteroatoms. The second-order valence-electron chi connectivity index (χ2n) is 5.15. The Hall–Kier alpha value is -0.200. The Morgan fingerprint density at radius 3 is 2.04 bits per heavy atom. The Bertz CT molecular complexity index is 909. The highest BCUT2D eigenvalue weighted by Gasteiger charge is 2.80. The molecule has 0 N–H and O–H groups in total. The van der Waals surface area contributed by atoms with E-state index in [1.54, 1.807) is 0 Å². The molecular weight excluding hydrogens is 592 g/mol. The first-order valence-electron chi connectivity index (χ1n) is 6.72. The summed E-state index contributed by atoms with van der Waals surface area (Å²) in [5, 5.41) is -5.98. The van der Waals surface area contributed by atoms with Crippen LogP contribution in [0.15, 0.2) is 38.1 Å². The summed E-state index contributed by atoms with van der Waals surface area (Å²) in [4.78, 5) is -1.02. The van der Waals surface area contributed by atoms with Gasteiger partial charge >= 0.3 is 17.4 Å². The molecule has 0 heterocycles. The Morgan fingerprint density at radius 2 is 1.54 bits per heavy atom. The molecule has 0 aromatic heterocycles. The Morgan fingerprint density at radius 1 is 0.964 bits per heavy atom. The minimum atomic E-state index is -6.63. The Balaban J connectivity index is 2.75. The molecule has 2 rings (SSSR count). The summed E-state index contributed by atoms with van der Waals surface area (Å²) in [5.74, 6) is -6.55. The molecule has 2 aromatic rings. The monoisotopic (exact) mass is 593 g/mol. The lowest BCUT2D eigenvalue weighted by atomic mass is 10.1. The number of hydrogen-bond acceptors (Lipinski definition) is 1. The van der Waals surface area contributed by atoms with Gasteiger partial charge in [0.2, 0.25) is 0 Å². The Labute approximate surface area is 183 Å². The van der Waals surface area contributed by atoms with Crippen LogP contribution in [0.4, 0.5) is 30.7 Å². The van der Waals surface area contributed by atoms with Crippen molar-refractivity contribution in [2.75, 3.05) is 0 Å². The van der Waals surface area contributed by atoms with E-state index in [4.69, 9.17) is 23.2 Å². The zero-order valence-corrected chi connectivity index (χ0v) is 18.3. The van der Waals surface area contributed by atoms with E-state index < -0.39 is 39.0 Å². The lowest BCUT2D eigenvalue weighted by Crippen LogP contribution is -2.56. The Kier molecular flexibility index (Phi) is 7.00. The van der Waals surface area contributed by atoms with E-state index in [9.17, 15) is 35.3 Å². The summed E-state index contributed by atoms with van der Waals surface area (Å²) in [6, 6.07) is 6.90. The molecule has 28 heavy (non-hydrogen) atoms. The number of alkyl halides is 7. The molecular formula is C15H4Br2Cl2F7OS. The summed E-state index contributed by atoms with van der Waals surface area (Å²) in [7, 11) is 0. The largest absolute Gasteiger partial charge is 0.606 e. The van der Waals surface area contributed by atoms with E-state index in [2.05, 4.69) is 37.9 Å². The second kappa shape index (κ2) is 8.14. The molecule has 0 spiro atoms. The summed E-state index contributed by atoms with van der Waals surface area (Å²) in [6.45, 7) is 0. The minimum Gasteiger partial charge on any atom is -0.606 e. The maximum absolute atomic E-state index is 14.0. The molecule has 0 saturated heterocycles. The molecule has 0 saturated carbocycles. The highest BCUT2D eigenvalue weighted by atomic mass is 79.9. The van der Waals surface area contributed by atoms with Crippen molar-refractivity contribution < 1.29 is 35.3 Å². The van der Waals surface area contributed by atoms with Crippen LogP contribution in [0.25, 0.3) is 11.1 Å². The zero-order valence-electron chi connectivity index (χ0n) is 12.8. The number of rotatable bonds is 4. The van der Waals surface area contributed by atoms with Crippen LogP contribution in [0, 0.1) is 6.07 Å². The molecule has 1 unspecified atom stereocenters. The van der Waals surface area contributed by atoms with Crippen molar-refractivity contribution in [1.29, 1.82) is 0 Å². The molecule has 1 atom stereocenters. The van der Waals surface area contributed by atoms with Crippen molar-refractivity contribution >= 4 is 66.2 Å². The normalized spacial score (nSPS) is 14.3. The standard InChI is InChI=1S/C15H4Br2Cl2F7OS/c16-6-3-9(17)12(8-2-1-7(18)5-10(8)19)11(4-6)28(27)15(25,26)13(20,21)14(22,23)24/h1-2,4-5H. The van der Waals surface area contributed by atoms with Gasteiger partial charge in [0.15, 0.2) is 4.90 Å². The summed E-state index contributed by atoms with van der Waals surface area (Å²) in [5.41, 5.74) is -0.489. The molecule has 0 aliphatic heterocycles. The van der Waals surface area contributed by atoms with E-state index in [0.29, 0.717) is 6.07 Å². The van der Waals surface area contributed by atoms with Crippen molar-refractivity contribution in [2.24, 2.45) is 0 Å². The molecule has 0 bridgehead atoms. The minimum absolute atomic E-state index is 0.0869. The van der Waals surface area contributed by atoms with Crippen molar-refractivity contribution in [3.8, 4) is 11.1 Å². The first kappa shape index (κ1) is 24.1. The van der Waals surface area contributed by atoms with Gasteiger partial charge in [-0.05, 0) is 44.0 Å². The predicted octanol–water partition coefficient (Wildman–Crippen LogP) is 7.88. The van der Waals surface area contributed by atoms with Gasteiger partial charge in [-0.3, -0.25) is 0 Å². The maximum Gasteiger partial charge on any atom is 0.486 e. The first-order valence-corrected chi connectivity index (χ1v) is 10.2. The summed E-state index contributed by atoms with van der Waals surface area (Å²) in [6.07, 6.45) is -6.63. The van der Waals surface area contributed by atoms with Crippen LogP contribution in [-0.4, -0.2) is 21.9 Å². The van der Waals surface area contributed by atoms with E-state index in [1.807, 2.05) is 0 Å². The lowest BCUT2D eigenvalue weighted by molar-refractivity contribution is -0.332. The van der Waals surface area contributed by atoms with E-state index in [1.165, 1.54) is 18.2 Å². The van der Waals surface area contributed by atoms with Crippen LogP contribution >= 0.6 is 55.1 Å². The fourth-order valence-electron chi connectivity index (χ4n) is 2.01. The SMILES string of the molecule is [O-][S+](c1cc(Br)[c]c(Br)c1-c1ccc(Cl)cc1Cl)C(F)(F)C(F)(F)C(F)(F)F. The second-order valence-corrected chi connectivity index (χ2v) is 9.13. The summed E-state index contributed by atoms with van der Waals surface area (Å²) >= 11 is 13.4. The average molecular weight is 596 g/mol. The lowest BCUT2D eigenvalue weighted by Gasteiger charge is -2.29. The van der Waals surface area contributed by atoms with E-state index in [-0.39, 0.29) is 24.6 Å². The topological polar surface area (TPSA) is 23.1 Å². The van der Waals surface area contributed by atoms with Crippen LogP contribution in [0.3, 0.4) is 0 Å². The molecule has 0 aliphatic carbocycles. The van der Waals surface area contributed by atoms with Crippen molar-refractivity contribution in [3.05, 3.63) is 49.3 Å². The fourth-order valence-corrected chi connectivity index (χ4v) is 5.37. The summed E-state index contributed by atoms with van der Waals surface area (Å²) < 4.78 is 104. The maximum atomic E-state index is 14.0. The van der Waals surface area contributed by atoms with Gasteiger partial charge < -0.3 is 4.55 Å². The molecule has 2 aromatic carbocycles. The zero-order chi connectivity index (χ0) is 21.7. The third kappa shape index (κ3) is 4.29. The molecule has 1 nitrogen and oxygen atoms in total. The smallest absolute Gasteiger partial charge is 0.486 e. The highest BCUT2D eigenvalue weighted by molar-refractivity contribution is 9.11. The quantitative estimate of drug-likeness (QED) is 0.260.